The minimum Gasteiger partial charge on any atom is -0.481 e. The summed E-state index contributed by atoms with van der Waals surface area (Å²) in [6.45, 7) is 6.82. The maximum atomic E-state index is 13.6. The van der Waals surface area contributed by atoms with Crippen LogP contribution in [0.5, 0.6) is 11.5 Å². The van der Waals surface area contributed by atoms with Crippen LogP contribution in [0.1, 0.15) is 76.7 Å². The van der Waals surface area contributed by atoms with E-state index < -0.39 is 11.9 Å². The van der Waals surface area contributed by atoms with Crippen LogP contribution in [0.2, 0.25) is 0 Å². The third-order valence-electron chi connectivity index (χ3n) is 8.55. The summed E-state index contributed by atoms with van der Waals surface area (Å²) in [5.41, 5.74) is 0.941. The lowest BCUT2D eigenvalue weighted by atomic mass is 9.75. The van der Waals surface area contributed by atoms with Crippen molar-refractivity contribution in [3.63, 3.8) is 0 Å². The fourth-order valence-electron chi connectivity index (χ4n) is 6.49. The summed E-state index contributed by atoms with van der Waals surface area (Å²) in [6, 6.07) is 5.59. The highest BCUT2D eigenvalue weighted by Gasteiger charge is 2.50. The number of likely N-dealkylation sites (tertiary alicyclic amines) is 1. The molecular weight excluding hydrogens is 472 g/mol. The molecule has 1 aromatic rings. The van der Waals surface area contributed by atoms with Gasteiger partial charge in [0, 0.05) is 38.7 Å². The van der Waals surface area contributed by atoms with Gasteiger partial charge in [-0.25, -0.2) is 0 Å². The zero-order valence-electron chi connectivity index (χ0n) is 22.7. The predicted molar refractivity (Wildman–Crippen MR) is 141 cm³/mol. The van der Waals surface area contributed by atoms with Crippen LogP contribution in [0.4, 0.5) is 0 Å². The average Bonchev–Trinajstić information content (AvgIpc) is 3.53. The molecule has 2 fully saturated rings. The molecule has 3 unspecified atom stereocenters. The molecule has 3 aliphatic rings. The lowest BCUT2D eigenvalue weighted by Crippen LogP contribution is -2.48. The van der Waals surface area contributed by atoms with Crippen molar-refractivity contribution in [1.82, 2.24) is 9.80 Å². The zero-order valence-corrected chi connectivity index (χ0v) is 22.7. The summed E-state index contributed by atoms with van der Waals surface area (Å²) in [6.07, 6.45) is 7.98. The van der Waals surface area contributed by atoms with Crippen molar-refractivity contribution >= 4 is 11.9 Å². The van der Waals surface area contributed by atoms with Crippen LogP contribution in [-0.2, 0) is 14.3 Å². The van der Waals surface area contributed by atoms with Gasteiger partial charge >= 0.3 is 5.97 Å². The highest BCUT2D eigenvalue weighted by Crippen LogP contribution is 2.46. The lowest BCUT2D eigenvalue weighted by molar-refractivity contribution is -0.145. The summed E-state index contributed by atoms with van der Waals surface area (Å²) < 4.78 is 16.7. The monoisotopic (exact) mass is 516 g/mol. The summed E-state index contributed by atoms with van der Waals surface area (Å²) >= 11 is 0. The van der Waals surface area contributed by atoms with E-state index in [-0.39, 0.29) is 43.2 Å². The van der Waals surface area contributed by atoms with Gasteiger partial charge in [0.15, 0.2) is 11.5 Å². The number of methoxy groups -OCH3 is 1. The minimum atomic E-state index is -0.787. The van der Waals surface area contributed by atoms with Crippen LogP contribution in [-0.4, -0.2) is 79.0 Å². The molecule has 37 heavy (non-hydrogen) atoms. The number of unbranched alkanes of at least 4 members (excludes halogenated alkanes) is 2. The number of carbonyl (C=O) groups excluding carboxylic acids is 1. The fraction of sp³-hybridized carbons (Fsp3) is 0.724. The van der Waals surface area contributed by atoms with Crippen molar-refractivity contribution in [2.75, 3.05) is 40.1 Å². The van der Waals surface area contributed by atoms with Crippen molar-refractivity contribution in [3.8, 4) is 11.5 Å². The molecule has 206 valence electrons. The van der Waals surface area contributed by atoms with Crippen molar-refractivity contribution in [3.05, 3.63) is 23.8 Å². The highest BCUT2D eigenvalue weighted by molar-refractivity contribution is 5.79. The lowest BCUT2D eigenvalue weighted by Gasteiger charge is -2.38. The molecule has 2 aliphatic heterocycles. The number of fused-ring (bicyclic) bond motifs is 1. The van der Waals surface area contributed by atoms with E-state index in [2.05, 4.69) is 18.7 Å². The first kappa shape index (κ1) is 27.7. The van der Waals surface area contributed by atoms with E-state index in [1.807, 2.05) is 23.1 Å². The molecule has 0 spiro atoms. The molecule has 2 heterocycles. The number of aliphatic carboxylic acids is 1. The number of ether oxygens (including phenoxy) is 3. The average molecular weight is 517 g/mol. The number of carboxylic acids is 1. The Morgan fingerprint density at radius 1 is 1.05 bits per heavy atom. The molecule has 0 bridgehead atoms. The van der Waals surface area contributed by atoms with Gasteiger partial charge in [-0.2, -0.15) is 0 Å². The molecule has 8 heteroatoms. The Bertz CT molecular complexity index is 908. The molecule has 1 saturated heterocycles. The second-order valence-corrected chi connectivity index (χ2v) is 10.9. The number of benzene rings is 1. The van der Waals surface area contributed by atoms with E-state index in [1.165, 1.54) is 0 Å². The van der Waals surface area contributed by atoms with Crippen molar-refractivity contribution in [2.24, 2.45) is 11.8 Å². The predicted octanol–water partition coefficient (Wildman–Crippen LogP) is 4.52. The molecule has 1 aromatic carbocycles. The molecule has 1 amide bonds. The van der Waals surface area contributed by atoms with E-state index in [4.69, 9.17) is 14.2 Å². The molecule has 1 saturated carbocycles. The number of carbonyl (C=O) groups is 2. The maximum absolute atomic E-state index is 13.6. The van der Waals surface area contributed by atoms with E-state index in [0.717, 1.165) is 70.0 Å². The number of nitrogens with zero attached hydrogens (tertiary/aromatic N) is 2. The Morgan fingerprint density at radius 2 is 1.73 bits per heavy atom. The van der Waals surface area contributed by atoms with E-state index in [9.17, 15) is 14.7 Å². The van der Waals surface area contributed by atoms with Gasteiger partial charge in [-0.05, 0) is 62.1 Å². The summed E-state index contributed by atoms with van der Waals surface area (Å²) in [4.78, 5) is 30.6. The molecule has 4 rings (SSSR count). The molecule has 3 atom stereocenters. The first-order chi connectivity index (χ1) is 18.0. The summed E-state index contributed by atoms with van der Waals surface area (Å²) in [5, 5.41) is 10.5. The Morgan fingerprint density at radius 3 is 2.35 bits per heavy atom. The van der Waals surface area contributed by atoms with Crippen molar-refractivity contribution in [1.29, 1.82) is 0 Å². The van der Waals surface area contributed by atoms with Crippen LogP contribution >= 0.6 is 0 Å². The highest BCUT2D eigenvalue weighted by atomic mass is 16.7. The number of carboxylic acid groups (broad SMARTS) is 1. The Labute approximate surface area is 221 Å². The fourth-order valence-corrected chi connectivity index (χ4v) is 6.49. The van der Waals surface area contributed by atoms with Gasteiger partial charge in [-0.15, -0.1) is 0 Å². The second kappa shape index (κ2) is 13.0. The summed E-state index contributed by atoms with van der Waals surface area (Å²) in [7, 11) is 1.75. The number of hydrogen-bond donors (Lipinski definition) is 1. The minimum absolute atomic E-state index is 0.118. The third-order valence-corrected chi connectivity index (χ3v) is 8.55. The molecule has 1 aliphatic carbocycles. The van der Waals surface area contributed by atoms with E-state index >= 15 is 0 Å². The third kappa shape index (κ3) is 6.40. The smallest absolute Gasteiger partial charge is 0.308 e. The Hall–Kier alpha value is -2.32. The topological polar surface area (TPSA) is 88.5 Å². The van der Waals surface area contributed by atoms with Crippen LogP contribution in [0, 0.1) is 11.8 Å². The van der Waals surface area contributed by atoms with Crippen molar-refractivity contribution < 1.29 is 28.9 Å². The van der Waals surface area contributed by atoms with Gasteiger partial charge in [0.2, 0.25) is 12.7 Å². The standard InChI is InChI=1S/C29H44N2O6/c1-4-6-14-30(15-7-5-2)26(32)18-31-17-23(21-10-13-24-25(16-21)37-19-36-24)27(29(33)34)28(31)20-8-11-22(35-3)12-9-20/h10,13,16,20,22-23,27-28H,4-9,11-12,14-15,17-19H2,1-3H3,(H,33,34). The number of rotatable bonds is 12. The Kier molecular flexibility index (Phi) is 9.71. The van der Waals surface area contributed by atoms with Gasteiger partial charge in [0.1, 0.15) is 0 Å². The van der Waals surface area contributed by atoms with Gasteiger partial charge in [0.25, 0.3) is 0 Å². The molecule has 8 nitrogen and oxygen atoms in total. The number of hydrogen-bond acceptors (Lipinski definition) is 6. The van der Waals surface area contributed by atoms with Crippen LogP contribution in [0.3, 0.4) is 0 Å². The molecule has 0 aromatic heterocycles. The quantitative estimate of drug-likeness (QED) is 0.437. The van der Waals surface area contributed by atoms with E-state index in [0.29, 0.717) is 18.0 Å². The number of amides is 1. The normalized spacial score (nSPS) is 27.4. The first-order valence-electron chi connectivity index (χ1n) is 14.1. The van der Waals surface area contributed by atoms with Crippen LogP contribution < -0.4 is 9.47 Å². The maximum Gasteiger partial charge on any atom is 0.308 e. The van der Waals surface area contributed by atoms with Gasteiger partial charge in [0.05, 0.1) is 18.6 Å². The van der Waals surface area contributed by atoms with Gasteiger partial charge in [-0.3, -0.25) is 14.5 Å². The zero-order chi connectivity index (χ0) is 26.4. The molecule has 1 N–H and O–H groups in total. The Balaban J connectivity index is 1.60. The molecule has 0 radical (unpaired) electrons. The largest absolute Gasteiger partial charge is 0.481 e. The molecular formula is C29H44N2O6. The first-order valence-corrected chi connectivity index (χ1v) is 14.1. The van der Waals surface area contributed by atoms with Crippen molar-refractivity contribution in [2.45, 2.75) is 83.3 Å². The van der Waals surface area contributed by atoms with Crippen LogP contribution in [0.15, 0.2) is 18.2 Å². The second-order valence-electron chi connectivity index (χ2n) is 10.9. The SMILES string of the molecule is CCCCN(CCCC)C(=O)CN1CC(c2ccc3c(c2)OCO3)C(C(=O)O)C1C1CCC(OC)CC1. The van der Waals surface area contributed by atoms with Crippen LogP contribution in [0.25, 0.3) is 0 Å². The van der Waals surface area contributed by atoms with Gasteiger partial charge < -0.3 is 24.2 Å². The summed E-state index contributed by atoms with van der Waals surface area (Å²) in [5.74, 6) is 0.107. The van der Waals surface area contributed by atoms with E-state index in [1.54, 1.807) is 7.11 Å². The van der Waals surface area contributed by atoms with Gasteiger partial charge in [-0.1, -0.05) is 32.8 Å².